The van der Waals surface area contributed by atoms with Gasteiger partial charge >= 0.3 is 0 Å². The van der Waals surface area contributed by atoms with E-state index in [1.54, 1.807) is 19.2 Å². The normalized spacial score (nSPS) is 10.5. The molecule has 0 radical (unpaired) electrons. The molecule has 110 valence electrons. The van der Waals surface area contributed by atoms with Gasteiger partial charge in [-0.25, -0.2) is 0 Å². The number of rotatable bonds is 4. The topological polar surface area (TPSA) is 67.2 Å². The third-order valence-corrected chi connectivity index (χ3v) is 3.40. The summed E-state index contributed by atoms with van der Waals surface area (Å²) >= 11 is 0. The third kappa shape index (κ3) is 3.54. The van der Waals surface area contributed by atoms with Gasteiger partial charge in [-0.2, -0.15) is 0 Å². The van der Waals surface area contributed by atoms with Crippen molar-refractivity contribution in [2.45, 2.75) is 19.8 Å². The van der Waals surface area contributed by atoms with E-state index < -0.39 is 0 Å². The van der Waals surface area contributed by atoms with E-state index in [1.165, 1.54) is 5.56 Å². The van der Waals surface area contributed by atoms with E-state index in [2.05, 4.69) is 36.6 Å². The standard InChI is InChI=1S/C17H21N3O/c1-11(2)12-4-7-14(8-5-12)20-16-9-6-13(10-15(16)18)17(21)19-3/h4-11,20H,18H2,1-3H3,(H,19,21). The molecule has 0 atom stereocenters. The lowest BCUT2D eigenvalue weighted by atomic mass is 10.0. The monoisotopic (exact) mass is 283 g/mol. The van der Waals surface area contributed by atoms with Crippen LogP contribution in [-0.2, 0) is 0 Å². The minimum Gasteiger partial charge on any atom is -0.397 e. The zero-order chi connectivity index (χ0) is 15.4. The molecule has 0 aromatic heterocycles. The molecule has 0 bridgehead atoms. The van der Waals surface area contributed by atoms with Crippen LogP contribution in [0.1, 0.15) is 35.7 Å². The molecule has 21 heavy (non-hydrogen) atoms. The SMILES string of the molecule is CNC(=O)c1ccc(Nc2ccc(C(C)C)cc2)c(N)c1. The van der Waals surface area contributed by atoms with Gasteiger partial charge in [-0.05, 0) is 41.8 Å². The van der Waals surface area contributed by atoms with Crippen LogP contribution in [0.25, 0.3) is 0 Å². The first-order valence-electron chi connectivity index (χ1n) is 7.00. The van der Waals surface area contributed by atoms with Crippen LogP contribution in [0.4, 0.5) is 17.1 Å². The maximum atomic E-state index is 11.5. The summed E-state index contributed by atoms with van der Waals surface area (Å²) in [4.78, 5) is 11.5. The molecule has 2 rings (SSSR count). The Labute approximate surface area is 125 Å². The molecule has 4 nitrogen and oxygen atoms in total. The minimum atomic E-state index is -0.144. The first-order chi connectivity index (χ1) is 10.0. The van der Waals surface area contributed by atoms with Crippen LogP contribution in [-0.4, -0.2) is 13.0 Å². The first-order valence-corrected chi connectivity index (χ1v) is 7.00. The maximum absolute atomic E-state index is 11.5. The second kappa shape index (κ2) is 6.31. The van der Waals surface area contributed by atoms with Gasteiger partial charge in [-0.3, -0.25) is 4.79 Å². The fourth-order valence-electron chi connectivity index (χ4n) is 2.07. The highest BCUT2D eigenvalue weighted by molar-refractivity contribution is 5.96. The Hall–Kier alpha value is -2.49. The lowest BCUT2D eigenvalue weighted by Crippen LogP contribution is -2.17. The number of hydrogen-bond donors (Lipinski definition) is 3. The molecule has 0 aliphatic rings. The molecule has 0 saturated heterocycles. The Bertz CT molecular complexity index is 633. The van der Waals surface area contributed by atoms with Gasteiger partial charge in [-0.1, -0.05) is 26.0 Å². The third-order valence-electron chi connectivity index (χ3n) is 3.40. The van der Waals surface area contributed by atoms with Gasteiger partial charge < -0.3 is 16.4 Å². The molecular weight excluding hydrogens is 262 g/mol. The van der Waals surface area contributed by atoms with Gasteiger partial charge in [0.05, 0.1) is 11.4 Å². The van der Waals surface area contributed by atoms with E-state index in [0.717, 1.165) is 11.4 Å². The van der Waals surface area contributed by atoms with Crippen molar-refractivity contribution >= 4 is 23.0 Å². The van der Waals surface area contributed by atoms with Gasteiger partial charge in [0, 0.05) is 18.3 Å². The predicted octanol–water partition coefficient (Wildman–Crippen LogP) is 3.50. The van der Waals surface area contributed by atoms with E-state index in [9.17, 15) is 4.79 Å². The Kier molecular flexibility index (Phi) is 4.48. The summed E-state index contributed by atoms with van der Waals surface area (Å²) in [5.74, 6) is 0.366. The molecule has 1 amide bonds. The van der Waals surface area contributed by atoms with Crippen molar-refractivity contribution in [1.82, 2.24) is 5.32 Å². The summed E-state index contributed by atoms with van der Waals surface area (Å²) < 4.78 is 0. The summed E-state index contributed by atoms with van der Waals surface area (Å²) in [7, 11) is 1.60. The first kappa shape index (κ1) is 14.9. The van der Waals surface area contributed by atoms with E-state index in [-0.39, 0.29) is 5.91 Å². The molecule has 0 heterocycles. The summed E-state index contributed by atoms with van der Waals surface area (Å²) in [6.45, 7) is 4.33. The number of carbonyl (C=O) groups is 1. The van der Waals surface area contributed by atoms with E-state index in [0.29, 0.717) is 17.2 Å². The summed E-state index contributed by atoms with van der Waals surface area (Å²) in [5, 5.41) is 5.85. The molecule has 0 saturated carbocycles. The highest BCUT2D eigenvalue weighted by Crippen LogP contribution is 2.25. The average molecular weight is 283 g/mol. The lowest BCUT2D eigenvalue weighted by Gasteiger charge is -2.12. The Morgan fingerprint density at radius 3 is 2.29 bits per heavy atom. The Morgan fingerprint density at radius 2 is 1.76 bits per heavy atom. The zero-order valence-corrected chi connectivity index (χ0v) is 12.6. The van der Waals surface area contributed by atoms with Crippen molar-refractivity contribution < 1.29 is 4.79 Å². The van der Waals surface area contributed by atoms with Crippen molar-refractivity contribution in [3.63, 3.8) is 0 Å². The van der Waals surface area contributed by atoms with E-state index >= 15 is 0 Å². The zero-order valence-electron chi connectivity index (χ0n) is 12.6. The van der Waals surface area contributed by atoms with Crippen LogP contribution in [0.5, 0.6) is 0 Å². The molecule has 0 unspecified atom stereocenters. The molecule has 4 N–H and O–H groups in total. The summed E-state index contributed by atoms with van der Waals surface area (Å²) in [6, 6.07) is 13.5. The number of amides is 1. The number of benzene rings is 2. The molecule has 0 aliphatic heterocycles. The van der Waals surface area contributed by atoms with Crippen LogP contribution >= 0.6 is 0 Å². The largest absolute Gasteiger partial charge is 0.397 e. The molecular formula is C17H21N3O. The Morgan fingerprint density at radius 1 is 1.10 bits per heavy atom. The number of carbonyl (C=O) groups excluding carboxylic acids is 1. The Balaban J connectivity index is 2.18. The van der Waals surface area contributed by atoms with Crippen molar-refractivity contribution in [2.24, 2.45) is 0 Å². The predicted molar refractivity (Wildman–Crippen MR) is 88.1 cm³/mol. The van der Waals surface area contributed by atoms with E-state index in [1.807, 2.05) is 18.2 Å². The number of nitrogens with one attached hydrogen (secondary N) is 2. The van der Waals surface area contributed by atoms with Crippen molar-refractivity contribution in [3.8, 4) is 0 Å². The highest BCUT2D eigenvalue weighted by Gasteiger charge is 2.07. The number of nitrogens with two attached hydrogens (primary N) is 1. The fourth-order valence-corrected chi connectivity index (χ4v) is 2.07. The van der Waals surface area contributed by atoms with Crippen molar-refractivity contribution in [2.75, 3.05) is 18.1 Å². The van der Waals surface area contributed by atoms with Crippen LogP contribution in [0.3, 0.4) is 0 Å². The molecule has 0 spiro atoms. The van der Waals surface area contributed by atoms with Crippen LogP contribution < -0.4 is 16.4 Å². The summed E-state index contributed by atoms with van der Waals surface area (Å²) in [5.41, 5.74) is 10.2. The average Bonchev–Trinajstić information content (AvgIpc) is 2.49. The number of nitrogen functional groups attached to an aromatic ring is 1. The highest BCUT2D eigenvalue weighted by atomic mass is 16.1. The van der Waals surface area contributed by atoms with Crippen LogP contribution in [0.2, 0.25) is 0 Å². The van der Waals surface area contributed by atoms with Gasteiger partial charge in [0.15, 0.2) is 0 Å². The van der Waals surface area contributed by atoms with Gasteiger partial charge in [0.2, 0.25) is 0 Å². The van der Waals surface area contributed by atoms with Gasteiger partial charge in [0.1, 0.15) is 0 Å². The summed E-state index contributed by atoms with van der Waals surface area (Å²) in [6.07, 6.45) is 0. The number of anilines is 3. The van der Waals surface area contributed by atoms with Gasteiger partial charge in [0.25, 0.3) is 5.91 Å². The molecule has 2 aromatic rings. The fraction of sp³-hybridized carbons (Fsp3) is 0.235. The molecule has 4 heteroatoms. The maximum Gasteiger partial charge on any atom is 0.251 e. The van der Waals surface area contributed by atoms with Crippen LogP contribution in [0.15, 0.2) is 42.5 Å². The minimum absolute atomic E-state index is 0.144. The van der Waals surface area contributed by atoms with E-state index in [4.69, 9.17) is 5.73 Å². The quantitative estimate of drug-likeness (QED) is 0.752. The molecule has 0 fully saturated rings. The smallest absolute Gasteiger partial charge is 0.251 e. The van der Waals surface area contributed by atoms with Crippen LogP contribution in [0, 0.1) is 0 Å². The van der Waals surface area contributed by atoms with Crippen molar-refractivity contribution in [1.29, 1.82) is 0 Å². The second-order valence-electron chi connectivity index (χ2n) is 5.28. The molecule has 2 aromatic carbocycles. The second-order valence-corrected chi connectivity index (χ2v) is 5.28. The van der Waals surface area contributed by atoms with Crippen molar-refractivity contribution in [3.05, 3.63) is 53.6 Å². The molecule has 0 aliphatic carbocycles. The van der Waals surface area contributed by atoms with Gasteiger partial charge in [-0.15, -0.1) is 0 Å². The lowest BCUT2D eigenvalue weighted by molar-refractivity contribution is 0.0963. The number of hydrogen-bond acceptors (Lipinski definition) is 3.